The second-order valence-electron chi connectivity index (χ2n) is 7.95. The van der Waals surface area contributed by atoms with Crippen molar-refractivity contribution in [1.82, 2.24) is 15.5 Å². The number of aromatic nitrogens is 2. The van der Waals surface area contributed by atoms with Crippen LogP contribution in [0, 0.1) is 0 Å². The molecule has 6 nitrogen and oxygen atoms in total. The molecule has 1 N–H and O–H groups in total. The van der Waals surface area contributed by atoms with Gasteiger partial charge in [-0.2, -0.15) is 4.98 Å². The van der Waals surface area contributed by atoms with Gasteiger partial charge >= 0.3 is 0 Å². The van der Waals surface area contributed by atoms with Crippen molar-refractivity contribution in [3.63, 3.8) is 0 Å². The van der Waals surface area contributed by atoms with Gasteiger partial charge in [0.05, 0.1) is 13.2 Å². The van der Waals surface area contributed by atoms with Gasteiger partial charge in [0.15, 0.2) is 5.82 Å². The van der Waals surface area contributed by atoms with E-state index in [1.807, 2.05) is 45.0 Å². The van der Waals surface area contributed by atoms with Crippen molar-refractivity contribution in [1.29, 1.82) is 0 Å². The summed E-state index contributed by atoms with van der Waals surface area (Å²) < 4.78 is 10.9. The summed E-state index contributed by atoms with van der Waals surface area (Å²) in [5, 5.41) is 6.81. The number of amides is 1. The largest absolute Gasteiger partial charge is 0.493 e. The Kier molecular flexibility index (Phi) is 4.63. The van der Waals surface area contributed by atoms with Gasteiger partial charge in [0.2, 0.25) is 5.89 Å². The summed E-state index contributed by atoms with van der Waals surface area (Å²) in [7, 11) is 0. The molecule has 0 bridgehead atoms. The number of hydrogen-bond acceptors (Lipinski definition) is 5. The van der Waals surface area contributed by atoms with Crippen LogP contribution >= 0.6 is 0 Å². The molecule has 0 aliphatic carbocycles. The summed E-state index contributed by atoms with van der Waals surface area (Å²) in [5.41, 5.74) is 3.61. The predicted octanol–water partition coefficient (Wildman–Crippen LogP) is 3.90. The van der Waals surface area contributed by atoms with E-state index < -0.39 is 0 Å². The highest BCUT2D eigenvalue weighted by Gasteiger charge is 2.21. The van der Waals surface area contributed by atoms with Gasteiger partial charge in [0, 0.05) is 17.4 Å². The van der Waals surface area contributed by atoms with Crippen molar-refractivity contribution in [2.24, 2.45) is 0 Å². The van der Waals surface area contributed by atoms with Crippen LogP contribution in [0.15, 0.2) is 47.0 Å². The van der Waals surface area contributed by atoms with Gasteiger partial charge in [-0.25, -0.2) is 0 Å². The van der Waals surface area contributed by atoms with E-state index in [1.165, 1.54) is 5.56 Å². The van der Waals surface area contributed by atoms with E-state index in [0.717, 1.165) is 29.9 Å². The molecule has 1 aromatic heterocycles. The van der Waals surface area contributed by atoms with E-state index in [4.69, 9.17) is 9.26 Å². The molecule has 3 aromatic rings. The summed E-state index contributed by atoms with van der Waals surface area (Å²) in [6, 6.07) is 13.7. The zero-order valence-corrected chi connectivity index (χ0v) is 16.3. The van der Waals surface area contributed by atoms with Crippen LogP contribution < -0.4 is 10.1 Å². The van der Waals surface area contributed by atoms with Gasteiger partial charge in [0.25, 0.3) is 5.91 Å². The van der Waals surface area contributed by atoms with E-state index in [0.29, 0.717) is 17.3 Å². The van der Waals surface area contributed by atoms with Gasteiger partial charge in [-0.3, -0.25) is 4.79 Å². The highest BCUT2D eigenvalue weighted by Crippen LogP contribution is 2.31. The summed E-state index contributed by atoms with van der Waals surface area (Å²) in [6.45, 7) is 6.95. The Labute approximate surface area is 163 Å². The molecule has 1 amide bonds. The second-order valence-corrected chi connectivity index (χ2v) is 7.95. The van der Waals surface area contributed by atoms with Crippen LogP contribution in [0.1, 0.15) is 48.4 Å². The molecule has 0 radical (unpaired) electrons. The molecule has 6 heteroatoms. The third-order valence-corrected chi connectivity index (χ3v) is 4.69. The first-order valence-electron chi connectivity index (χ1n) is 9.37. The van der Waals surface area contributed by atoms with E-state index in [-0.39, 0.29) is 17.9 Å². The highest BCUT2D eigenvalue weighted by molar-refractivity contribution is 5.95. The normalized spacial score (nSPS) is 13.1. The minimum atomic E-state index is -0.195. The lowest BCUT2D eigenvalue weighted by molar-refractivity contribution is 0.0946. The number of ether oxygens (including phenoxy) is 1. The Bertz CT molecular complexity index is 1020. The number of benzene rings is 2. The molecule has 2 heterocycles. The molecule has 144 valence electrons. The fourth-order valence-electron chi connectivity index (χ4n) is 3.08. The van der Waals surface area contributed by atoms with Gasteiger partial charge in [-0.1, -0.05) is 50.2 Å². The first-order valence-corrected chi connectivity index (χ1v) is 9.37. The monoisotopic (exact) mass is 377 g/mol. The summed E-state index contributed by atoms with van der Waals surface area (Å²) in [4.78, 5) is 16.9. The number of carbonyl (C=O) groups excluding carboxylic acids is 1. The van der Waals surface area contributed by atoms with Crippen molar-refractivity contribution in [3.8, 4) is 16.9 Å². The molecule has 0 atom stereocenters. The average molecular weight is 377 g/mol. The maximum Gasteiger partial charge on any atom is 0.251 e. The van der Waals surface area contributed by atoms with Gasteiger partial charge in [-0.15, -0.1) is 0 Å². The lowest BCUT2D eigenvalue weighted by atomic mass is 9.96. The fraction of sp³-hybridized carbons (Fsp3) is 0.318. The number of nitrogens with zero attached hydrogens (tertiary/aromatic N) is 2. The van der Waals surface area contributed by atoms with Crippen molar-refractivity contribution in [2.45, 2.75) is 39.2 Å². The average Bonchev–Trinajstić information content (AvgIpc) is 3.34. The van der Waals surface area contributed by atoms with Crippen LogP contribution in [0.3, 0.4) is 0 Å². The van der Waals surface area contributed by atoms with E-state index in [1.54, 1.807) is 6.07 Å². The molecule has 0 saturated heterocycles. The Morgan fingerprint density at radius 3 is 2.75 bits per heavy atom. The molecule has 1 aliphatic heterocycles. The third-order valence-electron chi connectivity index (χ3n) is 4.69. The predicted molar refractivity (Wildman–Crippen MR) is 105 cm³/mol. The number of fused-ring (bicyclic) bond motifs is 1. The van der Waals surface area contributed by atoms with Crippen molar-refractivity contribution in [2.75, 3.05) is 6.61 Å². The first kappa shape index (κ1) is 18.2. The Morgan fingerprint density at radius 2 is 1.96 bits per heavy atom. The van der Waals surface area contributed by atoms with Gasteiger partial charge in [0.1, 0.15) is 5.75 Å². The van der Waals surface area contributed by atoms with Crippen LogP contribution in [0.4, 0.5) is 0 Å². The molecular formula is C22H23N3O3. The van der Waals surface area contributed by atoms with Crippen LogP contribution in [0.5, 0.6) is 5.75 Å². The lowest BCUT2D eigenvalue weighted by Crippen LogP contribution is -2.23. The summed E-state index contributed by atoms with van der Waals surface area (Å²) in [6.07, 6.45) is 0.949. The molecule has 0 spiro atoms. The zero-order valence-electron chi connectivity index (χ0n) is 16.3. The quantitative estimate of drug-likeness (QED) is 0.746. The van der Waals surface area contributed by atoms with Gasteiger partial charge in [-0.05, 0) is 34.9 Å². The summed E-state index contributed by atoms with van der Waals surface area (Å²) >= 11 is 0. The fourth-order valence-corrected chi connectivity index (χ4v) is 3.08. The van der Waals surface area contributed by atoms with Crippen molar-refractivity contribution >= 4 is 5.91 Å². The molecule has 4 rings (SSSR count). The third kappa shape index (κ3) is 3.76. The number of carbonyl (C=O) groups is 1. The van der Waals surface area contributed by atoms with Gasteiger partial charge < -0.3 is 14.6 Å². The first-order chi connectivity index (χ1) is 13.4. The van der Waals surface area contributed by atoms with E-state index in [9.17, 15) is 4.79 Å². The minimum absolute atomic E-state index is 0.185. The molecule has 28 heavy (non-hydrogen) atoms. The second kappa shape index (κ2) is 7.11. The number of hydrogen-bond donors (Lipinski definition) is 1. The van der Waals surface area contributed by atoms with Crippen LogP contribution in [0.2, 0.25) is 0 Å². The van der Waals surface area contributed by atoms with Crippen LogP contribution in [-0.2, 0) is 18.4 Å². The molecular weight excluding hydrogens is 354 g/mol. The highest BCUT2D eigenvalue weighted by atomic mass is 16.5. The Morgan fingerprint density at radius 1 is 1.14 bits per heavy atom. The lowest BCUT2D eigenvalue weighted by Gasteiger charge is -2.10. The van der Waals surface area contributed by atoms with E-state index in [2.05, 4.69) is 27.6 Å². The topological polar surface area (TPSA) is 77.2 Å². The Balaban J connectivity index is 1.46. The smallest absolute Gasteiger partial charge is 0.251 e. The number of rotatable bonds is 4. The van der Waals surface area contributed by atoms with Crippen molar-refractivity contribution < 1.29 is 14.1 Å². The van der Waals surface area contributed by atoms with Crippen LogP contribution in [-0.4, -0.2) is 22.7 Å². The number of nitrogens with one attached hydrogen (secondary N) is 1. The molecule has 2 aromatic carbocycles. The standard InChI is InChI=1S/C22H23N3O3/c1-22(2,3)21-24-19(28-25-21)13-23-20(26)17-6-4-5-15(11-17)16-8-7-14-9-10-27-18(14)12-16/h4-8,11-12H,9-10,13H2,1-3H3,(H,23,26). The maximum absolute atomic E-state index is 12.6. The molecule has 0 fully saturated rings. The summed E-state index contributed by atoms with van der Waals surface area (Å²) in [5.74, 6) is 1.76. The van der Waals surface area contributed by atoms with E-state index >= 15 is 0 Å². The molecule has 1 aliphatic rings. The molecule has 0 unspecified atom stereocenters. The van der Waals surface area contributed by atoms with Crippen molar-refractivity contribution in [3.05, 3.63) is 65.3 Å². The van der Waals surface area contributed by atoms with Crippen LogP contribution in [0.25, 0.3) is 11.1 Å². The zero-order chi connectivity index (χ0) is 19.7. The minimum Gasteiger partial charge on any atom is -0.493 e. The Hall–Kier alpha value is -3.15. The SMILES string of the molecule is CC(C)(C)c1noc(CNC(=O)c2cccc(-c3ccc4c(c3)OCC4)c2)n1. The molecule has 0 saturated carbocycles. The maximum atomic E-state index is 12.6.